The van der Waals surface area contributed by atoms with E-state index in [9.17, 15) is 13.2 Å². The van der Waals surface area contributed by atoms with Crippen LogP contribution in [-0.2, 0) is 14.8 Å². The molecule has 0 aliphatic carbocycles. The summed E-state index contributed by atoms with van der Waals surface area (Å²) < 4.78 is 24.4. The molecule has 1 unspecified atom stereocenters. The fourth-order valence-corrected chi connectivity index (χ4v) is 2.30. The van der Waals surface area contributed by atoms with E-state index >= 15 is 0 Å². The van der Waals surface area contributed by atoms with E-state index in [4.69, 9.17) is 0 Å². The first-order valence-corrected chi connectivity index (χ1v) is 5.44. The maximum Gasteiger partial charge on any atom is 0.237 e. The zero-order valence-corrected chi connectivity index (χ0v) is 7.65. The summed E-state index contributed by atoms with van der Waals surface area (Å²) in [6, 6.07) is -0.657. The fraction of sp³-hybridized carbons (Fsp3) is 0.833. The highest BCUT2D eigenvalue weighted by Gasteiger charge is 2.21. The van der Waals surface area contributed by atoms with Crippen molar-refractivity contribution in [1.29, 1.82) is 0 Å². The van der Waals surface area contributed by atoms with Gasteiger partial charge in [-0.3, -0.25) is 4.79 Å². The van der Waals surface area contributed by atoms with E-state index in [2.05, 4.69) is 10.0 Å². The van der Waals surface area contributed by atoms with Gasteiger partial charge < -0.3 is 5.32 Å². The molecule has 1 fully saturated rings. The molecule has 1 aliphatic heterocycles. The molecule has 1 amide bonds. The summed E-state index contributed by atoms with van der Waals surface area (Å²) in [5.41, 5.74) is 0. The van der Waals surface area contributed by atoms with Gasteiger partial charge in [-0.1, -0.05) is 0 Å². The minimum atomic E-state index is -3.24. The van der Waals surface area contributed by atoms with E-state index in [1.165, 1.54) is 6.92 Å². The van der Waals surface area contributed by atoms with Gasteiger partial charge in [0.05, 0.1) is 11.8 Å². The van der Waals surface area contributed by atoms with Crippen LogP contribution in [0.3, 0.4) is 0 Å². The molecule has 0 bridgehead atoms. The van der Waals surface area contributed by atoms with Gasteiger partial charge >= 0.3 is 0 Å². The highest BCUT2D eigenvalue weighted by atomic mass is 32.2. The fourth-order valence-electron chi connectivity index (χ4n) is 1.01. The molecule has 0 aromatic heterocycles. The average molecular weight is 192 g/mol. The van der Waals surface area contributed by atoms with E-state index < -0.39 is 16.1 Å². The van der Waals surface area contributed by atoms with Gasteiger partial charge in [0.25, 0.3) is 0 Å². The average Bonchev–Trinajstić information content (AvgIpc) is 1.95. The van der Waals surface area contributed by atoms with Crippen molar-refractivity contribution in [2.45, 2.75) is 19.4 Å². The Morgan fingerprint density at radius 2 is 2.17 bits per heavy atom. The van der Waals surface area contributed by atoms with Crippen molar-refractivity contribution in [2.75, 3.05) is 12.3 Å². The SMILES string of the molecule is CC1NS(=O)(=O)CCCNC1=O. The normalized spacial score (nSPS) is 30.1. The molecule has 6 heteroatoms. The van der Waals surface area contributed by atoms with Crippen LogP contribution in [0.15, 0.2) is 0 Å². The molecule has 0 aromatic carbocycles. The monoisotopic (exact) mass is 192 g/mol. The van der Waals surface area contributed by atoms with Crippen LogP contribution in [0.4, 0.5) is 0 Å². The molecule has 2 N–H and O–H groups in total. The first kappa shape index (κ1) is 9.47. The Bertz CT molecular complexity index is 273. The van der Waals surface area contributed by atoms with Crippen LogP contribution in [0.1, 0.15) is 13.3 Å². The molecule has 0 saturated carbocycles. The lowest BCUT2D eigenvalue weighted by atomic mass is 10.3. The third kappa shape index (κ3) is 2.46. The lowest BCUT2D eigenvalue weighted by Crippen LogP contribution is -2.48. The topological polar surface area (TPSA) is 75.3 Å². The molecule has 0 radical (unpaired) electrons. The third-order valence-corrected chi connectivity index (χ3v) is 3.18. The van der Waals surface area contributed by atoms with Gasteiger partial charge in [0, 0.05) is 6.54 Å². The quantitative estimate of drug-likeness (QED) is 0.507. The van der Waals surface area contributed by atoms with Crippen molar-refractivity contribution in [3.8, 4) is 0 Å². The second-order valence-electron chi connectivity index (χ2n) is 2.80. The zero-order valence-electron chi connectivity index (χ0n) is 6.83. The number of hydrogen-bond donors (Lipinski definition) is 2. The van der Waals surface area contributed by atoms with Gasteiger partial charge in [-0.15, -0.1) is 0 Å². The number of nitrogens with one attached hydrogen (secondary N) is 2. The Morgan fingerprint density at radius 1 is 1.50 bits per heavy atom. The number of amides is 1. The van der Waals surface area contributed by atoms with E-state index in [1.54, 1.807) is 0 Å². The Morgan fingerprint density at radius 3 is 2.83 bits per heavy atom. The van der Waals surface area contributed by atoms with Crippen molar-refractivity contribution < 1.29 is 13.2 Å². The maximum atomic E-state index is 11.1. The minimum absolute atomic E-state index is 0.0810. The second kappa shape index (κ2) is 3.40. The first-order chi connectivity index (χ1) is 5.51. The summed E-state index contributed by atoms with van der Waals surface area (Å²) in [5.74, 6) is -0.185. The van der Waals surface area contributed by atoms with Crippen LogP contribution in [0.5, 0.6) is 0 Å². The molecule has 1 aliphatic rings. The van der Waals surface area contributed by atoms with E-state index in [1.807, 2.05) is 0 Å². The molecule has 1 saturated heterocycles. The van der Waals surface area contributed by atoms with Crippen LogP contribution >= 0.6 is 0 Å². The molecule has 1 atom stereocenters. The van der Waals surface area contributed by atoms with E-state index in [-0.39, 0.29) is 11.7 Å². The smallest absolute Gasteiger partial charge is 0.237 e. The zero-order chi connectivity index (χ0) is 9.19. The Labute approximate surface area is 71.6 Å². The van der Waals surface area contributed by atoms with E-state index in [0.29, 0.717) is 13.0 Å². The summed E-state index contributed by atoms with van der Waals surface area (Å²) in [7, 11) is -3.24. The maximum absolute atomic E-state index is 11.1. The minimum Gasteiger partial charge on any atom is -0.355 e. The van der Waals surface area contributed by atoms with Crippen molar-refractivity contribution in [2.24, 2.45) is 0 Å². The molecule has 0 spiro atoms. The van der Waals surface area contributed by atoms with Crippen molar-refractivity contribution in [3.05, 3.63) is 0 Å². The van der Waals surface area contributed by atoms with Crippen LogP contribution in [-0.4, -0.2) is 32.7 Å². The van der Waals surface area contributed by atoms with Crippen LogP contribution in [0.2, 0.25) is 0 Å². The number of hydrogen-bond acceptors (Lipinski definition) is 3. The third-order valence-electron chi connectivity index (χ3n) is 1.64. The molecule has 5 nitrogen and oxygen atoms in total. The summed E-state index contributed by atoms with van der Waals surface area (Å²) >= 11 is 0. The lowest BCUT2D eigenvalue weighted by Gasteiger charge is -2.17. The van der Waals surface area contributed by atoms with Gasteiger partial charge in [0.1, 0.15) is 0 Å². The predicted octanol–water partition coefficient (Wildman–Crippen LogP) is -1.19. The molecular formula is C6H12N2O3S. The molecular weight excluding hydrogens is 180 g/mol. The van der Waals surface area contributed by atoms with Gasteiger partial charge in [0.2, 0.25) is 15.9 Å². The van der Waals surface area contributed by atoms with Crippen LogP contribution in [0.25, 0.3) is 0 Å². The molecule has 12 heavy (non-hydrogen) atoms. The molecule has 1 heterocycles. The number of rotatable bonds is 0. The van der Waals surface area contributed by atoms with Crippen molar-refractivity contribution >= 4 is 15.9 Å². The Hall–Kier alpha value is -0.620. The van der Waals surface area contributed by atoms with Gasteiger partial charge in [-0.25, -0.2) is 13.1 Å². The molecule has 0 aromatic rings. The second-order valence-corrected chi connectivity index (χ2v) is 4.68. The summed E-state index contributed by atoms with van der Waals surface area (Å²) in [5, 5.41) is 2.61. The number of sulfonamides is 1. The summed E-state index contributed by atoms with van der Waals surface area (Å²) in [6.07, 6.45) is 0.466. The number of carbonyl (C=O) groups is 1. The van der Waals surface area contributed by atoms with Crippen molar-refractivity contribution in [1.82, 2.24) is 10.0 Å². The largest absolute Gasteiger partial charge is 0.355 e. The van der Waals surface area contributed by atoms with Gasteiger partial charge in [-0.2, -0.15) is 0 Å². The summed E-state index contributed by atoms with van der Waals surface area (Å²) in [6.45, 7) is 1.96. The molecule has 70 valence electrons. The Balaban J connectivity index is 2.72. The van der Waals surface area contributed by atoms with Crippen LogP contribution < -0.4 is 10.0 Å². The predicted molar refractivity (Wildman–Crippen MR) is 44.0 cm³/mol. The standard InChI is InChI=1S/C6H12N2O3S/c1-5-6(9)7-3-2-4-12(10,11)8-5/h5,8H,2-4H2,1H3,(H,7,9). The van der Waals surface area contributed by atoms with Gasteiger partial charge in [-0.05, 0) is 13.3 Å². The Kier molecular flexibility index (Phi) is 2.69. The van der Waals surface area contributed by atoms with Gasteiger partial charge in [0.15, 0.2) is 0 Å². The summed E-state index contributed by atoms with van der Waals surface area (Å²) in [4.78, 5) is 11.0. The highest BCUT2D eigenvalue weighted by Crippen LogP contribution is 1.96. The highest BCUT2D eigenvalue weighted by molar-refractivity contribution is 7.89. The van der Waals surface area contributed by atoms with Crippen LogP contribution in [0, 0.1) is 0 Å². The van der Waals surface area contributed by atoms with E-state index in [0.717, 1.165) is 0 Å². The number of carbonyl (C=O) groups excluding carboxylic acids is 1. The van der Waals surface area contributed by atoms with Crippen molar-refractivity contribution in [3.63, 3.8) is 0 Å². The first-order valence-electron chi connectivity index (χ1n) is 3.79. The lowest BCUT2D eigenvalue weighted by molar-refractivity contribution is -0.122. The molecule has 1 rings (SSSR count).